The number of aromatic amines is 1. The van der Waals surface area contributed by atoms with E-state index in [1.807, 2.05) is 49.9 Å². The van der Waals surface area contributed by atoms with Crippen molar-refractivity contribution in [1.82, 2.24) is 9.88 Å². The van der Waals surface area contributed by atoms with Crippen molar-refractivity contribution < 1.29 is 14.3 Å². The second-order valence-electron chi connectivity index (χ2n) is 8.11. The van der Waals surface area contributed by atoms with Crippen molar-refractivity contribution in [3.8, 4) is 0 Å². The van der Waals surface area contributed by atoms with Crippen LogP contribution in [-0.2, 0) is 11.3 Å². The third kappa shape index (κ3) is 4.86. The number of rotatable bonds is 6. The summed E-state index contributed by atoms with van der Waals surface area (Å²) < 4.78 is 5.21. The number of nitrogens with one attached hydrogen (secondary N) is 2. The number of urea groups is 1. The number of para-hydroxylation sites is 1. The molecule has 0 radical (unpaired) electrons. The van der Waals surface area contributed by atoms with Gasteiger partial charge in [0, 0.05) is 23.1 Å². The summed E-state index contributed by atoms with van der Waals surface area (Å²) in [7, 11) is 0. The molecule has 0 aliphatic heterocycles. The number of anilines is 1. The lowest BCUT2D eigenvalue weighted by molar-refractivity contribution is 0.0525. The molecular weight excluding hydrogens is 378 g/mol. The molecule has 1 aliphatic rings. The molecule has 162 valence electrons. The van der Waals surface area contributed by atoms with Crippen LogP contribution in [0.1, 0.15) is 71.9 Å². The summed E-state index contributed by atoms with van der Waals surface area (Å²) in [5.74, 6) is -0.316. The molecule has 0 unspecified atom stereocenters. The van der Waals surface area contributed by atoms with Gasteiger partial charge in [0.05, 0.1) is 18.7 Å². The number of aromatic nitrogens is 1. The maximum absolute atomic E-state index is 13.3. The van der Waals surface area contributed by atoms with Gasteiger partial charge in [0.25, 0.3) is 0 Å². The molecule has 1 aromatic heterocycles. The van der Waals surface area contributed by atoms with Crippen LogP contribution in [0.5, 0.6) is 0 Å². The van der Waals surface area contributed by atoms with E-state index < -0.39 is 0 Å². The highest BCUT2D eigenvalue weighted by molar-refractivity contribution is 5.93. The molecule has 3 rings (SSSR count). The Morgan fingerprint density at radius 1 is 1.13 bits per heavy atom. The minimum Gasteiger partial charge on any atom is -0.462 e. The number of carbonyl (C=O) groups is 2. The average Bonchev–Trinajstić information content (AvgIpc) is 3.01. The van der Waals surface area contributed by atoms with E-state index in [1.165, 1.54) is 6.42 Å². The first-order valence-corrected chi connectivity index (χ1v) is 10.9. The van der Waals surface area contributed by atoms with Crippen molar-refractivity contribution >= 4 is 17.7 Å². The van der Waals surface area contributed by atoms with E-state index in [0.717, 1.165) is 53.9 Å². The lowest BCUT2D eigenvalue weighted by atomic mass is 9.94. The topological polar surface area (TPSA) is 74.4 Å². The number of carbonyl (C=O) groups excluding carboxylic acids is 2. The van der Waals surface area contributed by atoms with Crippen molar-refractivity contribution in [2.75, 3.05) is 11.9 Å². The first-order valence-electron chi connectivity index (χ1n) is 10.9. The average molecular weight is 412 g/mol. The van der Waals surface area contributed by atoms with Gasteiger partial charge in [-0.05, 0) is 57.7 Å². The minimum atomic E-state index is -0.316. The number of nitrogens with zero attached hydrogens (tertiary/aromatic N) is 1. The molecule has 2 aromatic rings. The first kappa shape index (κ1) is 21.9. The Labute approximate surface area is 179 Å². The minimum absolute atomic E-state index is 0.0967. The summed E-state index contributed by atoms with van der Waals surface area (Å²) in [6.45, 7) is 8.37. The fourth-order valence-electron chi connectivity index (χ4n) is 4.31. The molecule has 1 aliphatic carbocycles. The summed E-state index contributed by atoms with van der Waals surface area (Å²) >= 11 is 0. The molecule has 0 bridgehead atoms. The number of hydrogen-bond acceptors (Lipinski definition) is 3. The summed E-state index contributed by atoms with van der Waals surface area (Å²) in [6.07, 6.45) is 5.50. The third-order valence-electron chi connectivity index (χ3n) is 6.01. The molecule has 2 N–H and O–H groups in total. The lowest BCUT2D eigenvalue weighted by Gasteiger charge is -2.34. The Hall–Kier alpha value is -2.76. The number of amides is 2. The number of ether oxygens (including phenoxy) is 1. The van der Waals surface area contributed by atoms with Crippen LogP contribution in [0.25, 0.3) is 0 Å². The van der Waals surface area contributed by atoms with E-state index in [9.17, 15) is 9.59 Å². The van der Waals surface area contributed by atoms with Gasteiger partial charge in [-0.15, -0.1) is 0 Å². The summed E-state index contributed by atoms with van der Waals surface area (Å²) in [4.78, 5) is 30.9. The fourth-order valence-corrected chi connectivity index (χ4v) is 4.31. The Morgan fingerprint density at radius 3 is 2.50 bits per heavy atom. The van der Waals surface area contributed by atoms with Crippen molar-refractivity contribution in [3.05, 3.63) is 52.3 Å². The van der Waals surface area contributed by atoms with E-state index in [-0.39, 0.29) is 18.0 Å². The molecule has 6 heteroatoms. The number of esters is 1. The van der Waals surface area contributed by atoms with E-state index in [1.54, 1.807) is 6.92 Å². The summed E-state index contributed by atoms with van der Waals surface area (Å²) in [5.41, 5.74) is 4.97. The number of benzene rings is 1. The molecule has 0 saturated heterocycles. The number of hydrogen-bond donors (Lipinski definition) is 2. The molecular formula is C24H33N3O3. The van der Waals surface area contributed by atoms with E-state index in [2.05, 4.69) is 10.3 Å². The zero-order valence-electron chi connectivity index (χ0n) is 18.5. The molecule has 1 aromatic carbocycles. The number of H-pyrrole nitrogens is 1. The quantitative estimate of drug-likeness (QED) is 0.618. The molecule has 1 heterocycles. The molecule has 0 spiro atoms. The van der Waals surface area contributed by atoms with Crippen molar-refractivity contribution in [3.63, 3.8) is 0 Å². The largest absolute Gasteiger partial charge is 0.462 e. The lowest BCUT2D eigenvalue weighted by Crippen LogP contribution is -2.43. The predicted molar refractivity (Wildman–Crippen MR) is 119 cm³/mol. The van der Waals surface area contributed by atoms with Crippen LogP contribution in [0.15, 0.2) is 24.3 Å². The monoisotopic (exact) mass is 411 g/mol. The third-order valence-corrected chi connectivity index (χ3v) is 6.01. The standard InChI is InChI=1S/C24H33N3O3/c1-5-30-23(28)22-17(3)21(25-18(22)4)15-27(19-12-7-6-8-13-19)24(29)26-20-14-10-9-11-16(20)2/h9-11,14,19,25H,5-8,12-13,15H2,1-4H3,(H,26,29). The van der Waals surface area contributed by atoms with E-state index in [0.29, 0.717) is 18.7 Å². The summed E-state index contributed by atoms with van der Waals surface area (Å²) in [6, 6.07) is 7.90. The Morgan fingerprint density at radius 2 is 1.83 bits per heavy atom. The molecule has 0 atom stereocenters. The molecule has 30 heavy (non-hydrogen) atoms. The van der Waals surface area contributed by atoms with Gasteiger partial charge < -0.3 is 19.9 Å². The van der Waals surface area contributed by atoms with Crippen LogP contribution in [0.4, 0.5) is 10.5 Å². The van der Waals surface area contributed by atoms with Gasteiger partial charge in [-0.2, -0.15) is 0 Å². The second-order valence-corrected chi connectivity index (χ2v) is 8.11. The van der Waals surface area contributed by atoms with Gasteiger partial charge in [0.15, 0.2) is 0 Å². The SMILES string of the molecule is CCOC(=O)c1c(C)[nH]c(CN(C(=O)Nc2ccccc2C)C2CCCCC2)c1C. The van der Waals surface area contributed by atoms with Crippen molar-refractivity contribution in [2.24, 2.45) is 0 Å². The van der Waals surface area contributed by atoms with Crippen LogP contribution in [0.2, 0.25) is 0 Å². The second kappa shape index (κ2) is 9.83. The Kier molecular flexibility index (Phi) is 7.19. The molecule has 1 fully saturated rings. The molecule has 1 saturated carbocycles. The van der Waals surface area contributed by atoms with Crippen LogP contribution in [0.3, 0.4) is 0 Å². The smallest absolute Gasteiger partial charge is 0.340 e. The van der Waals surface area contributed by atoms with Crippen LogP contribution in [-0.4, -0.2) is 34.5 Å². The maximum atomic E-state index is 13.3. The van der Waals surface area contributed by atoms with Crippen LogP contribution >= 0.6 is 0 Å². The number of aryl methyl sites for hydroxylation is 2. The van der Waals surface area contributed by atoms with Gasteiger partial charge in [0.2, 0.25) is 0 Å². The molecule has 2 amide bonds. The van der Waals surface area contributed by atoms with E-state index >= 15 is 0 Å². The summed E-state index contributed by atoms with van der Waals surface area (Å²) in [5, 5.41) is 3.09. The highest BCUT2D eigenvalue weighted by Crippen LogP contribution is 2.27. The highest BCUT2D eigenvalue weighted by atomic mass is 16.5. The predicted octanol–water partition coefficient (Wildman–Crippen LogP) is 5.48. The van der Waals surface area contributed by atoms with Crippen LogP contribution in [0, 0.1) is 20.8 Å². The van der Waals surface area contributed by atoms with Gasteiger partial charge in [-0.3, -0.25) is 0 Å². The van der Waals surface area contributed by atoms with Gasteiger partial charge >= 0.3 is 12.0 Å². The van der Waals surface area contributed by atoms with Gasteiger partial charge in [-0.1, -0.05) is 37.5 Å². The first-order chi connectivity index (χ1) is 14.4. The van der Waals surface area contributed by atoms with E-state index in [4.69, 9.17) is 4.74 Å². The van der Waals surface area contributed by atoms with Gasteiger partial charge in [0.1, 0.15) is 0 Å². The Bertz CT molecular complexity index is 897. The van der Waals surface area contributed by atoms with Crippen molar-refractivity contribution in [2.45, 2.75) is 72.4 Å². The zero-order valence-corrected chi connectivity index (χ0v) is 18.5. The zero-order chi connectivity index (χ0) is 21.7. The highest BCUT2D eigenvalue weighted by Gasteiger charge is 2.28. The van der Waals surface area contributed by atoms with Gasteiger partial charge in [-0.25, -0.2) is 9.59 Å². The van der Waals surface area contributed by atoms with Crippen molar-refractivity contribution in [1.29, 1.82) is 0 Å². The Balaban J connectivity index is 1.86. The molecule has 6 nitrogen and oxygen atoms in total. The fraction of sp³-hybridized carbons (Fsp3) is 0.500. The van der Waals surface area contributed by atoms with Crippen LogP contribution < -0.4 is 5.32 Å². The normalized spacial score (nSPS) is 14.4. The maximum Gasteiger partial charge on any atom is 0.340 e.